The minimum absolute atomic E-state index is 0.166. The molecule has 0 spiro atoms. The van der Waals surface area contributed by atoms with Gasteiger partial charge in [0.1, 0.15) is 0 Å². The van der Waals surface area contributed by atoms with E-state index in [1.807, 2.05) is 6.07 Å². The van der Waals surface area contributed by atoms with Crippen molar-refractivity contribution in [2.45, 2.75) is 51.1 Å². The topological polar surface area (TPSA) is 23.5 Å². The van der Waals surface area contributed by atoms with Crippen LogP contribution >= 0.6 is 0 Å². The first-order valence-corrected chi connectivity index (χ1v) is 7.46. The summed E-state index contributed by atoms with van der Waals surface area (Å²) in [5.74, 6) is 0.147. The minimum Gasteiger partial charge on any atom is -0.505 e. The second-order valence-corrected chi connectivity index (χ2v) is 5.97. The summed E-state index contributed by atoms with van der Waals surface area (Å²) in [7, 11) is 0. The second-order valence-electron chi connectivity index (χ2n) is 5.97. The van der Waals surface area contributed by atoms with Crippen molar-refractivity contribution in [3.8, 4) is 5.75 Å². The summed E-state index contributed by atoms with van der Waals surface area (Å²) in [6.07, 6.45) is 7.86. The van der Waals surface area contributed by atoms with Crippen molar-refractivity contribution in [2.24, 2.45) is 5.92 Å². The Morgan fingerprint density at radius 1 is 1.16 bits per heavy atom. The number of halogens is 1. The van der Waals surface area contributed by atoms with Gasteiger partial charge in [0.2, 0.25) is 0 Å². The highest BCUT2D eigenvalue weighted by Gasteiger charge is 2.33. The number of para-hydroxylation sites is 1. The van der Waals surface area contributed by atoms with Gasteiger partial charge in [0, 0.05) is 18.2 Å². The fourth-order valence-corrected chi connectivity index (χ4v) is 3.83. The van der Waals surface area contributed by atoms with Gasteiger partial charge in [-0.3, -0.25) is 4.90 Å². The standard InChI is InChI=1S/C16H22FNO/c17-14-8-3-6-13(16(14)19)11-18-10-4-7-12-5-1-2-9-15(12)18/h3,6,8,12,15,19H,1-2,4-5,7,9-11H2. The fraction of sp³-hybridized carbons (Fsp3) is 0.625. The van der Waals surface area contributed by atoms with Crippen LogP contribution in [-0.4, -0.2) is 22.6 Å². The number of fused-ring (bicyclic) bond motifs is 1. The van der Waals surface area contributed by atoms with E-state index < -0.39 is 5.82 Å². The van der Waals surface area contributed by atoms with Crippen molar-refractivity contribution in [3.63, 3.8) is 0 Å². The lowest BCUT2D eigenvalue weighted by Crippen LogP contribution is -2.46. The number of likely N-dealkylation sites (tertiary alicyclic amines) is 1. The maximum Gasteiger partial charge on any atom is 0.165 e. The SMILES string of the molecule is Oc1c(F)cccc1CN1CCCC2CCCCC21. The number of rotatable bonds is 2. The molecule has 1 heterocycles. The first-order chi connectivity index (χ1) is 9.25. The molecule has 104 valence electrons. The number of benzene rings is 1. The van der Waals surface area contributed by atoms with E-state index in [2.05, 4.69) is 4.90 Å². The van der Waals surface area contributed by atoms with E-state index in [1.54, 1.807) is 6.07 Å². The molecule has 1 aliphatic carbocycles. The zero-order valence-corrected chi connectivity index (χ0v) is 11.3. The molecule has 0 bridgehead atoms. The van der Waals surface area contributed by atoms with Crippen LogP contribution in [0.1, 0.15) is 44.1 Å². The summed E-state index contributed by atoms with van der Waals surface area (Å²) < 4.78 is 13.4. The number of phenolic OH excluding ortho intramolecular Hbond substituents is 1. The molecule has 2 atom stereocenters. The van der Waals surface area contributed by atoms with Gasteiger partial charge in [-0.15, -0.1) is 0 Å². The number of phenols is 1. The molecule has 2 unspecified atom stereocenters. The third-order valence-electron chi connectivity index (χ3n) is 4.80. The van der Waals surface area contributed by atoms with E-state index >= 15 is 0 Å². The van der Waals surface area contributed by atoms with E-state index in [1.165, 1.54) is 44.6 Å². The van der Waals surface area contributed by atoms with Gasteiger partial charge in [-0.2, -0.15) is 0 Å². The van der Waals surface area contributed by atoms with Gasteiger partial charge in [-0.1, -0.05) is 25.0 Å². The van der Waals surface area contributed by atoms with Crippen molar-refractivity contribution in [1.82, 2.24) is 4.90 Å². The van der Waals surface area contributed by atoms with Gasteiger partial charge in [-0.25, -0.2) is 4.39 Å². The fourth-order valence-electron chi connectivity index (χ4n) is 3.83. The van der Waals surface area contributed by atoms with Crippen LogP contribution < -0.4 is 0 Å². The Labute approximate surface area is 114 Å². The molecule has 19 heavy (non-hydrogen) atoms. The molecule has 1 aromatic carbocycles. The number of nitrogens with zero attached hydrogens (tertiary/aromatic N) is 1. The van der Waals surface area contributed by atoms with Crippen LogP contribution in [0.25, 0.3) is 0 Å². The van der Waals surface area contributed by atoms with Crippen molar-refractivity contribution in [1.29, 1.82) is 0 Å². The lowest BCUT2D eigenvalue weighted by molar-refractivity contribution is 0.0540. The number of hydrogen-bond donors (Lipinski definition) is 1. The highest BCUT2D eigenvalue weighted by atomic mass is 19.1. The first-order valence-electron chi connectivity index (χ1n) is 7.46. The van der Waals surface area contributed by atoms with Gasteiger partial charge in [-0.05, 0) is 44.2 Å². The Morgan fingerprint density at radius 2 is 1.95 bits per heavy atom. The third kappa shape index (κ3) is 2.62. The summed E-state index contributed by atoms with van der Waals surface area (Å²) in [5, 5.41) is 9.82. The molecule has 0 radical (unpaired) electrons. The van der Waals surface area contributed by atoms with Crippen molar-refractivity contribution in [2.75, 3.05) is 6.54 Å². The Bertz CT molecular complexity index is 446. The third-order valence-corrected chi connectivity index (χ3v) is 4.80. The highest BCUT2D eigenvalue weighted by molar-refractivity contribution is 5.33. The largest absolute Gasteiger partial charge is 0.505 e. The molecule has 1 saturated carbocycles. The maximum absolute atomic E-state index is 13.4. The monoisotopic (exact) mass is 263 g/mol. The quantitative estimate of drug-likeness (QED) is 0.879. The van der Waals surface area contributed by atoms with Gasteiger partial charge >= 0.3 is 0 Å². The Balaban J connectivity index is 1.76. The lowest BCUT2D eigenvalue weighted by atomic mass is 9.78. The summed E-state index contributed by atoms with van der Waals surface area (Å²) >= 11 is 0. The molecule has 3 rings (SSSR count). The van der Waals surface area contributed by atoms with Gasteiger partial charge in [0.15, 0.2) is 11.6 Å². The summed E-state index contributed by atoms with van der Waals surface area (Å²) in [6, 6.07) is 5.49. The molecule has 1 aliphatic heterocycles. The zero-order chi connectivity index (χ0) is 13.2. The van der Waals surface area contributed by atoms with Crippen LogP contribution in [0.4, 0.5) is 4.39 Å². The molecule has 0 amide bonds. The van der Waals surface area contributed by atoms with Crippen LogP contribution in [0.3, 0.4) is 0 Å². The van der Waals surface area contributed by atoms with E-state index in [9.17, 15) is 9.50 Å². The van der Waals surface area contributed by atoms with E-state index in [0.717, 1.165) is 18.0 Å². The Kier molecular flexibility index (Phi) is 3.74. The van der Waals surface area contributed by atoms with Crippen LogP contribution in [0.2, 0.25) is 0 Å². The number of piperidine rings is 1. The molecular weight excluding hydrogens is 241 g/mol. The molecule has 2 fully saturated rings. The molecular formula is C16H22FNO. The average molecular weight is 263 g/mol. The minimum atomic E-state index is -0.505. The van der Waals surface area contributed by atoms with Crippen LogP contribution in [0, 0.1) is 11.7 Å². The Hall–Kier alpha value is -1.09. The van der Waals surface area contributed by atoms with Crippen LogP contribution in [0.15, 0.2) is 18.2 Å². The van der Waals surface area contributed by atoms with Crippen LogP contribution in [0.5, 0.6) is 5.75 Å². The smallest absolute Gasteiger partial charge is 0.165 e. The lowest BCUT2D eigenvalue weighted by Gasteiger charge is -2.44. The number of aromatic hydroxyl groups is 1. The Morgan fingerprint density at radius 3 is 2.84 bits per heavy atom. The van der Waals surface area contributed by atoms with Crippen molar-refractivity contribution in [3.05, 3.63) is 29.6 Å². The van der Waals surface area contributed by atoms with E-state index in [0.29, 0.717) is 12.6 Å². The van der Waals surface area contributed by atoms with E-state index in [4.69, 9.17) is 0 Å². The summed E-state index contributed by atoms with van der Waals surface area (Å²) in [4.78, 5) is 2.46. The van der Waals surface area contributed by atoms with Crippen LogP contribution in [-0.2, 0) is 6.54 Å². The molecule has 1 aromatic rings. The second kappa shape index (κ2) is 5.49. The normalized spacial score (nSPS) is 28.1. The van der Waals surface area contributed by atoms with Crippen molar-refractivity contribution >= 4 is 0 Å². The van der Waals surface area contributed by atoms with E-state index in [-0.39, 0.29) is 5.75 Å². The summed E-state index contributed by atoms with van der Waals surface area (Å²) in [5.41, 5.74) is 0.728. The molecule has 1 N–H and O–H groups in total. The first kappa shape index (κ1) is 12.9. The van der Waals surface area contributed by atoms with Gasteiger partial charge in [0.05, 0.1) is 0 Å². The predicted molar refractivity (Wildman–Crippen MR) is 73.5 cm³/mol. The highest BCUT2D eigenvalue weighted by Crippen LogP contribution is 2.36. The molecule has 2 aliphatic rings. The summed E-state index contributed by atoms with van der Waals surface area (Å²) in [6.45, 7) is 1.77. The van der Waals surface area contributed by atoms with Crippen molar-refractivity contribution < 1.29 is 9.50 Å². The van der Waals surface area contributed by atoms with Gasteiger partial charge < -0.3 is 5.11 Å². The predicted octanol–water partition coefficient (Wildman–Crippen LogP) is 3.69. The average Bonchev–Trinajstić information content (AvgIpc) is 2.44. The van der Waals surface area contributed by atoms with Gasteiger partial charge in [0.25, 0.3) is 0 Å². The molecule has 2 nitrogen and oxygen atoms in total. The number of hydrogen-bond acceptors (Lipinski definition) is 2. The maximum atomic E-state index is 13.4. The molecule has 3 heteroatoms. The molecule has 0 aromatic heterocycles. The molecule has 1 saturated heterocycles. The zero-order valence-electron chi connectivity index (χ0n) is 11.3.